The topological polar surface area (TPSA) is 122 Å². The van der Waals surface area contributed by atoms with Crippen LogP contribution in [-0.2, 0) is 5.92 Å². The van der Waals surface area contributed by atoms with Crippen LogP contribution < -0.4 is 20.3 Å². The average molecular weight is 710 g/mol. The highest BCUT2D eigenvalue weighted by Gasteiger charge is 2.27. The molecule has 2 N–H and O–H groups in total. The van der Waals surface area contributed by atoms with Crippen molar-refractivity contribution in [2.24, 2.45) is 0 Å². The Morgan fingerprint density at radius 1 is 0.769 bits per heavy atom. The Morgan fingerprint density at radius 3 is 2.23 bits per heavy atom. The molecule has 0 aliphatic carbocycles. The van der Waals surface area contributed by atoms with E-state index in [1.807, 2.05) is 13.0 Å². The van der Waals surface area contributed by atoms with Crippen LogP contribution in [0.3, 0.4) is 0 Å². The number of rotatable bonds is 9. The van der Waals surface area contributed by atoms with Crippen LogP contribution in [0.4, 0.5) is 40.3 Å². The minimum Gasteiger partial charge on any atom is -0.456 e. The molecule has 0 atom stereocenters. The molecule has 3 aromatic carbocycles. The lowest BCUT2D eigenvalue weighted by atomic mass is 10.1. The molecule has 264 valence electrons. The molecule has 2 amide bonds. The summed E-state index contributed by atoms with van der Waals surface area (Å²) in [5.74, 6) is -4.42. The van der Waals surface area contributed by atoms with Gasteiger partial charge in [-0.2, -0.15) is 8.78 Å². The van der Waals surface area contributed by atoms with Gasteiger partial charge in [0.15, 0.2) is 0 Å². The Labute approximate surface area is 296 Å². The molecule has 6 aromatic rings. The van der Waals surface area contributed by atoms with Gasteiger partial charge in [0.05, 0.1) is 30.0 Å². The molecular formula is C38H31F4N7O3. The van der Waals surface area contributed by atoms with Crippen molar-refractivity contribution in [1.29, 1.82) is 0 Å². The summed E-state index contributed by atoms with van der Waals surface area (Å²) in [6, 6.07) is 22.4. The van der Waals surface area contributed by atoms with Crippen LogP contribution in [-0.4, -0.2) is 38.8 Å². The van der Waals surface area contributed by atoms with Crippen LogP contribution >= 0.6 is 0 Å². The van der Waals surface area contributed by atoms with E-state index in [-0.39, 0.29) is 28.7 Å². The first-order valence-electron chi connectivity index (χ1n) is 15.6. The number of halogens is 4. The van der Waals surface area contributed by atoms with Crippen LogP contribution in [0.1, 0.15) is 39.0 Å². The molecule has 0 fully saturated rings. The Hall–Kier alpha value is -6.70. The van der Waals surface area contributed by atoms with Crippen LogP contribution in [0.25, 0.3) is 0 Å². The van der Waals surface area contributed by atoms with Gasteiger partial charge in [-0.05, 0) is 67.6 Å². The zero-order valence-electron chi connectivity index (χ0n) is 28.0. The summed E-state index contributed by atoms with van der Waals surface area (Å²) >= 11 is 0. The van der Waals surface area contributed by atoms with Crippen LogP contribution in [0.15, 0.2) is 122 Å². The second kappa shape index (κ2) is 16.3. The fourth-order valence-corrected chi connectivity index (χ4v) is 4.68. The summed E-state index contributed by atoms with van der Waals surface area (Å²) in [6.07, 6.45) is 7.52. The van der Waals surface area contributed by atoms with Gasteiger partial charge in [-0.15, -0.1) is 0 Å². The van der Waals surface area contributed by atoms with Gasteiger partial charge >= 0.3 is 0 Å². The van der Waals surface area contributed by atoms with E-state index in [2.05, 4.69) is 30.6 Å². The second-order valence-corrected chi connectivity index (χ2v) is 11.4. The number of carbonyl (C=O) groups is 2. The third-order valence-electron chi connectivity index (χ3n) is 7.21. The Bertz CT molecular complexity index is 2170. The zero-order valence-corrected chi connectivity index (χ0v) is 28.0. The first-order valence-corrected chi connectivity index (χ1v) is 15.6. The maximum atomic E-state index is 14.3. The van der Waals surface area contributed by atoms with Crippen LogP contribution in [0.5, 0.6) is 11.5 Å². The SMILES string of the molecule is CN(c1cncnc1)c1cc(NC(=O)c2cccc(C(C)(F)F)n2)ccc1F.Cc1cccc(C(=O)Nc2cc(F)cc(Oc3cccnc3)c2)c1. The highest BCUT2D eigenvalue weighted by molar-refractivity contribution is 6.04. The molecule has 10 nitrogen and oxygen atoms in total. The van der Waals surface area contributed by atoms with Gasteiger partial charge < -0.3 is 20.3 Å². The van der Waals surface area contributed by atoms with E-state index in [1.165, 1.54) is 72.3 Å². The van der Waals surface area contributed by atoms with Gasteiger partial charge in [-0.1, -0.05) is 23.8 Å². The van der Waals surface area contributed by atoms with Gasteiger partial charge in [0.1, 0.15) is 40.8 Å². The number of carbonyl (C=O) groups excluding carboxylic acids is 2. The number of nitrogens with zero attached hydrogens (tertiary/aromatic N) is 5. The lowest BCUT2D eigenvalue weighted by Crippen LogP contribution is -2.18. The summed E-state index contributed by atoms with van der Waals surface area (Å²) in [5.41, 5.74) is 2.12. The van der Waals surface area contributed by atoms with Crippen molar-refractivity contribution in [3.8, 4) is 11.5 Å². The molecule has 6 rings (SSSR count). The minimum absolute atomic E-state index is 0.172. The van der Waals surface area contributed by atoms with E-state index in [4.69, 9.17) is 4.74 Å². The molecule has 0 spiro atoms. The predicted molar refractivity (Wildman–Crippen MR) is 188 cm³/mol. The number of pyridine rings is 2. The number of aryl methyl sites for hydroxylation is 1. The van der Waals surface area contributed by atoms with E-state index in [0.29, 0.717) is 29.6 Å². The van der Waals surface area contributed by atoms with Gasteiger partial charge in [-0.3, -0.25) is 14.6 Å². The van der Waals surface area contributed by atoms with Gasteiger partial charge in [-0.25, -0.2) is 23.7 Å². The number of ether oxygens (including phenoxy) is 1. The molecular weight excluding hydrogens is 678 g/mol. The highest BCUT2D eigenvalue weighted by atomic mass is 19.3. The van der Waals surface area contributed by atoms with Crippen molar-refractivity contribution in [3.63, 3.8) is 0 Å². The van der Waals surface area contributed by atoms with E-state index in [9.17, 15) is 27.2 Å². The van der Waals surface area contributed by atoms with E-state index < -0.39 is 29.2 Å². The molecule has 14 heteroatoms. The second-order valence-electron chi connectivity index (χ2n) is 11.4. The fourth-order valence-electron chi connectivity index (χ4n) is 4.68. The number of anilines is 4. The number of hydrogen-bond acceptors (Lipinski definition) is 8. The van der Waals surface area contributed by atoms with Crippen molar-refractivity contribution in [3.05, 3.63) is 156 Å². The average Bonchev–Trinajstić information content (AvgIpc) is 3.12. The smallest absolute Gasteiger partial charge is 0.287 e. The number of hydrogen-bond donors (Lipinski definition) is 2. The quantitative estimate of drug-likeness (QED) is 0.143. The molecule has 0 bridgehead atoms. The number of amides is 2. The van der Waals surface area contributed by atoms with Crippen molar-refractivity contribution >= 4 is 34.6 Å². The zero-order chi connectivity index (χ0) is 37.3. The Kier molecular flexibility index (Phi) is 11.5. The lowest BCUT2D eigenvalue weighted by molar-refractivity contribution is 0.0126. The van der Waals surface area contributed by atoms with Gasteiger partial charge in [0, 0.05) is 49.2 Å². The van der Waals surface area contributed by atoms with E-state index >= 15 is 0 Å². The fraction of sp³-hybridized carbons (Fsp3) is 0.105. The van der Waals surface area contributed by atoms with E-state index in [0.717, 1.165) is 11.6 Å². The molecule has 0 saturated heterocycles. The standard InChI is InChI=1S/C19H16F3N5O.C19H15FN2O2/c1-19(21,22)17-5-3-4-15(26-17)18(28)25-12-6-7-14(20)16(8-12)27(2)13-9-23-11-24-10-13;1-13-4-2-5-14(8-13)19(23)22-16-9-15(20)10-18(11-16)24-17-6-3-7-21-12-17/h3-11H,1-2H3,(H,25,28);2-12H,1H3,(H,22,23). The summed E-state index contributed by atoms with van der Waals surface area (Å²) in [5, 5.41) is 5.22. The molecule has 0 aliphatic heterocycles. The molecule has 52 heavy (non-hydrogen) atoms. The third kappa shape index (κ3) is 9.94. The molecule has 3 aromatic heterocycles. The minimum atomic E-state index is -3.17. The predicted octanol–water partition coefficient (Wildman–Crippen LogP) is 8.72. The Balaban J connectivity index is 0.000000203. The first-order chi connectivity index (χ1) is 24.9. The third-order valence-corrected chi connectivity index (χ3v) is 7.21. The number of alkyl halides is 2. The normalized spacial score (nSPS) is 10.8. The monoisotopic (exact) mass is 709 g/mol. The van der Waals surface area contributed by atoms with Crippen molar-refractivity contribution < 1.29 is 31.9 Å². The lowest BCUT2D eigenvalue weighted by Gasteiger charge is -2.20. The molecule has 0 aliphatic rings. The summed E-state index contributed by atoms with van der Waals surface area (Å²) in [6.45, 7) is 2.60. The number of benzene rings is 3. The van der Waals surface area contributed by atoms with Crippen molar-refractivity contribution in [2.75, 3.05) is 22.6 Å². The Morgan fingerprint density at radius 2 is 1.52 bits per heavy atom. The van der Waals surface area contributed by atoms with Crippen molar-refractivity contribution in [1.82, 2.24) is 19.9 Å². The van der Waals surface area contributed by atoms with Crippen molar-refractivity contribution in [2.45, 2.75) is 19.8 Å². The van der Waals surface area contributed by atoms with Crippen LogP contribution in [0, 0.1) is 18.6 Å². The van der Waals surface area contributed by atoms with E-state index in [1.54, 1.807) is 49.6 Å². The number of nitrogens with one attached hydrogen (secondary N) is 2. The largest absolute Gasteiger partial charge is 0.456 e. The molecule has 0 saturated carbocycles. The molecule has 0 radical (unpaired) electrons. The van der Waals surface area contributed by atoms with Crippen LogP contribution in [0.2, 0.25) is 0 Å². The summed E-state index contributed by atoms with van der Waals surface area (Å²) in [4.78, 5) is 41.6. The first kappa shape index (κ1) is 36.6. The molecule has 3 heterocycles. The van der Waals surface area contributed by atoms with Gasteiger partial charge in [0.25, 0.3) is 17.7 Å². The summed E-state index contributed by atoms with van der Waals surface area (Å²) in [7, 11) is 1.62. The maximum absolute atomic E-state index is 14.3. The summed E-state index contributed by atoms with van der Waals surface area (Å²) < 4.78 is 60.5. The highest BCUT2D eigenvalue weighted by Crippen LogP contribution is 2.29. The van der Waals surface area contributed by atoms with Gasteiger partial charge in [0.2, 0.25) is 0 Å². The number of aromatic nitrogens is 4. The maximum Gasteiger partial charge on any atom is 0.287 e. The molecule has 0 unspecified atom stereocenters.